The van der Waals surface area contributed by atoms with Crippen molar-refractivity contribution in [3.8, 4) is 0 Å². The monoisotopic (exact) mass is 264 g/mol. The molecule has 0 heterocycles. The Bertz CT molecular complexity index is 446. The van der Waals surface area contributed by atoms with Gasteiger partial charge in [0.2, 0.25) is 5.91 Å². The molecule has 0 atom stereocenters. The van der Waals surface area contributed by atoms with Crippen molar-refractivity contribution in [3.05, 3.63) is 29.8 Å². The summed E-state index contributed by atoms with van der Waals surface area (Å²) in [5.74, 6) is -0.812. The zero-order chi connectivity index (χ0) is 14.3. The topological polar surface area (TPSA) is 83.6 Å². The van der Waals surface area contributed by atoms with Crippen molar-refractivity contribution in [2.45, 2.75) is 25.7 Å². The van der Waals surface area contributed by atoms with Crippen LogP contribution in [0.5, 0.6) is 0 Å². The van der Waals surface area contributed by atoms with Crippen LogP contribution in [0.3, 0.4) is 0 Å². The molecule has 0 aliphatic heterocycles. The van der Waals surface area contributed by atoms with E-state index in [1.807, 2.05) is 24.3 Å². The van der Waals surface area contributed by atoms with E-state index in [2.05, 4.69) is 0 Å². The molecule has 0 saturated heterocycles. The average Bonchev–Trinajstić information content (AvgIpc) is 2.35. The van der Waals surface area contributed by atoms with Crippen LogP contribution in [0.25, 0.3) is 0 Å². The van der Waals surface area contributed by atoms with Gasteiger partial charge < -0.3 is 15.7 Å². The number of carboxylic acid groups (broad SMARTS) is 1. The molecule has 0 saturated carbocycles. The van der Waals surface area contributed by atoms with Crippen LogP contribution in [0.15, 0.2) is 24.3 Å². The fourth-order valence-corrected chi connectivity index (χ4v) is 1.78. The Labute approximate surface area is 113 Å². The second-order valence-electron chi connectivity index (χ2n) is 4.56. The molecule has 0 bridgehead atoms. The summed E-state index contributed by atoms with van der Waals surface area (Å²) in [6, 6.07) is 7.47. The molecule has 1 rings (SSSR count). The van der Waals surface area contributed by atoms with Crippen LogP contribution in [-0.2, 0) is 16.0 Å². The summed E-state index contributed by atoms with van der Waals surface area (Å²) < 4.78 is 0. The van der Waals surface area contributed by atoms with E-state index >= 15 is 0 Å². The maximum atomic E-state index is 11.8. The summed E-state index contributed by atoms with van der Waals surface area (Å²) in [5.41, 5.74) is 7.40. The molecule has 0 spiro atoms. The maximum absolute atomic E-state index is 11.8. The van der Waals surface area contributed by atoms with Gasteiger partial charge in [0.05, 0.1) is 0 Å². The predicted octanol–water partition coefficient (Wildman–Crippen LogP) is 1.52. The van der Waals surface area contributed by atoms with Gasteiger partial charge in [-0.05, 0) is 30.5 Å². The molecular weight excluding hydrogens is 244 g/mol. The van der Waals surface area contributed by atoms with Gasteiger partial charge in [-0.25, -0.2) is 0 Å². The van der Waals surface area contributed by atoms with E-state index in [9.17, 15) is 9.59 Å². The number of amides is 1. The highest BCUT2D eigenvalue weighted by Gasteiger charge is 2.09. The largest absolute Gasteiger partial charge is 0.481 e. The van der Waals surface area contributed by atoms with Crippen molar-refractivity contribution in [2.24, 2.45) is 0 Å². The van der Waals surface area contributed by atoms with Crippen LogP contribution in [0, 0.1) is 0 Å². The lowest BCUT2D eigenvalue weighted by Gasteiger charge is -2.16. The molecule has 5 nitrogen and oxygen atoms in total. The highest BCUT2D eigenvalue weighted by atomic mass is 16.4. The number of hydrogen-bond donors (Lipinski definition) is 2. The summed E-state index contributed by atoms with van der Waals surface area (Å²) in [4.78, 5) is 23.8. The number of nitrogen functional groups attached to an aromatic ring is 1. The highest BCUT2D eigenvalue weighted by Crippen LogP contribution is 2.09. The van der Waals surface area contributed by atoms with Gasteiger partial charge in [0.1, 0.15) is 0 Å². The lowest BCUT2D eigenvalue weighted by atomic mass is 10.1. The van der Waals surface area contributed by atoms with E-state index in [1.165, 1.54) is 0 Å². The van der Waals surface area contributed by atoms with E-state index in [0.29, 0.717) is 31.5 Å². The van der Waals surface area contributed by atoms with Gasteiger partial charge in [-0.3, -0.25) is 9.59 Å². The molecule has 0 aromatic heterocycles. The zero-order valence-electron chi connectivity index (χ0n) is 11.1. The van der Waals surface area contributed by atoms with Crippen LogP contribution in [-0.4, -0.2) is 35.5 Å². The summed E-state index contributed by atoms with van der Waals surface area (Å²) in [6.45, 7) is 0.474. The van der Waals surface area contributed by atoms with Crippen LogP contribution >= 0.6 is 0 Å². The SMILES string of the molecule is CN(CCCC(=O)O)C(=O)CCc1cccc(N)c1. The van der Waals surface area contributed by atoms with E-state index in [-0.39, 0.29) is 12.3 Å². The van der Waals surface area contributed by atoms with Gasteiger partial charge in [-0.15, -0.1) is 0 Å². The predicted molar refractivity (Wildman–Crippen MR) is 73.7 cm³/mol. The van der Waals surface area contributed by atoms with Crippen molar-refractivity contribution in [1.29, 1.82) is 0 Å². The normalized spacial score (nSPS) is 10.2. The third-order valence-corrected chi connectivity index (χ3v) is 2.89. The second kappa shape index (κ2) is 7.41. The number of rotatable bonds is 7. The van der Waals surface area contributed by atoms with E-state index in [4.69, 9.17) is 10.8 Å². The fraction of sp³-hybridized carbons (Fsp3) is 0.429. The molecule has 0 aliphatic carbocycles. The zero-order valence-corrected chi connectivity index (χ0v) is 11.1. The van der Waals surface area contributed by atoms with E-state index in [1.54, 1.807) is 11.9 Å². The summed E-state index contributed by atoms with van der Waals surface area (Å²) in [7, 11) is 1.70. The molecule has 5 heteroatoms. The number of hydrogen-bond acceptors (Lipinski definition) is 3. The molecule has 1 aromatic carbocycles. The molecule has 19 heavy (non-hydrogen) atoms. The fourth-order valence-electron chi connectivity index (χ4n) is 1.78. The first kappa shape index (κ1) is 15.0. The summed E-state index contributed by atoms with van der Waals surface area (Å²) in [6.07, 6.45) is 1.63. The summed E-state index contributed by atoms with van der Waals surface area (Å²) >= 11 is 0. The molecule has 3 N–H and O–H groups in total. The average molecular weight is 264 g/mol. The number of nitrogens with zero attached hydrogens (tertiary/aromatic N) is 1. The first-order valence-electron chi connectivity index (χ1n) is 6.29. The minimum absolute atomic E-state index is 0.0211. The van der Waals surface area contributed by atoms with Gasteiger partial charge in [0.25, 0.3) is 0 Å². The number of aliphatic carboxylic acids is 1. The number of carbonyl (C=O) groups excluding carboxylic acids is 1. The number of nitrogens with two attached hydrogens (primary N) is 1. The molecule has 1 aromatic rings. The van der Waals surface area contributed by atoms with Crippen LogP contribution < -0.4 is 5.73 Å². The summed E-state index contributed by atoms with van der Waals surface area (Å²) in [5, 5.41) is 8.53. The molecule has 0 unspecified atom stereocenters. The van der Waals surface area contributed by atoms with Gasteiger partial charge in [-0.2, -0.15) is 0 Å². The van der Waals surface area contributed by atoms with Gasteiger partial charge >= 0.3 is 5.97 Å². The smallest absolute Gasteiger partial charge is 0.303 e. The van der Waals surface area contributed by atoms with Crippen molar-refractivity contribution >= 4 is 17.6 Å². The van der Waals surface area contributed by atoms with Gasteiger partial charge in [0, 0.05) is 32.1 Å². The Hall–Kier alpha value is -2.04. The Morgan fingerprint density at radius 1 is 1.32 bits per heavy atom. The van der Waals surface area contributed by atoms with Crippen LogP contribution in [0.4, 0.5) is 5.69 Å². The highest BCUT2D eigenvalue weighted by molar-refractivity contribution is 5.76. The Morgan fingerprint density at radius 2 is 2.05 bits per heavy atom. The first-order chi connectivity index (χ1) is 8.99. The van der Waals surface area contributed by atoms with Gasteiger partial charge in [0.15, 0.2) is 0 Å². The van der Waals surface area contributed by atoms with Crippen molar-refractivity contribution in [1.82, 2.24) is 4.90 Å². The van der Waals surface area contributed by atoms with Crippen molar-refractivity contribution < 1.29 is 14.7 Å². The Morgan fingerprint density at radius 3 is 2.68 bits per heavy atom. The number of benzene rings is 1. The quantitative estimate of drug-likeness (QED) is 0.731. The standard InChI is InChI=1S/C14H20N2O3/c1-16(9-3-6-14(18)19)13(17)8-7-11-4-2-5-12(15)10-11/h2,4-5,10H,3,6-9,15H2,1H3,(H,18,19). The van der Waals surface area contributed by atoms with Crippen LogP contribution in [0.1, 0.15) is 24.8 Å². The maximum Gasteiger partial charge on any atom is 0.303 e. The molecule has 0 radical (unpaired) electrons. The molecule has 0 fully saturated rings. The molecular formula is C14H20N2O3. The second-order valence-corrected chi connectivity index (χ2v) is 4.56. The molecule has 1 amide bonds. The van der Waals surface area contributed by atoms with Crippen molar-refractivity contribution in [2.75, 3.05) is 19.3 Å². The lowest BCUT2D eigenvalue weighted by Crippen LogP contribution is -2.28. The lowest BCUT2D eigenvalue weighted by molar-refractivity contribution is -0.138. The van der Waals surface area contributed by atoms with E-state index in [0.717, 1.165) is 5.56 Å². The number of anilines is 1. The molecule has 104 valence electrons. The third kappa shape index (κ3) is 5.90. The molecule has 0 aliphatic rings. The first-order valence-corrected chi connectivity index (χ1v) is 6.29. The van der Waals surface area contributed by atoms with E-state index < -0.39 is 5.97 Å². The number of carboxylic acids is 1. The van der Waals surface area contributed by atoms with Crippen LogP contribution in [0.2, 0.25) is 0 Å². The van der Waals surface area contributed by atoms with Crippen molar-refractivity contribution in [3.63, 3.8) is 0 Å². The Balaban J connectivity index is 2.32. The minimum atomic E-state index is -0.833. The number of aryl methyl sites for hydroxylation is 1. The Kier molecular flexibility index (Phi) is 5.85. The van der Waals surface area contributed by atoms with Gasteiger partial charge in [-0.1, -0.05) is 12.1 Å². The minimum Gasteiger partial charge on any atom is -0.481 e. The third-order valence-electron chi connectivity index (χ3n) is 2.89. The number of carbonyl (C=O) groups is 2.